The van der Waals surface area contributed by atoms with E-state index in [2.05, 4.69) is 9.97 Å². The number of benzene rings is 1. The van der Waals surface area contributed by atoms with Gasteiger partial charge in [0.25, 0.3) is 5.56 Å². The second-order valence-corrected chi connectivity index (χ2v) is 4.68. The van der Waals surface area contributed by atoms with Crippen LogP contribution in [0.5, 0.6) is 0 Å². The molecule has 3 rings (SSSR count). The fraction of sp³-hybridized carbons (Fsp3) is 0.286. The molecule has 0 amide bonds. The van der Waals surface area contributed by atoms with Gasteiger partial charge in [0, 0.05) is 13.6 Å². The van der Waals surface area contributed by atoms with Crippen LogP contribution in [0, 0.1) is 0 Å². The summed E-state index contributed by atoms with van der Waals surface area (Å²) in [6.07, 6.45) is 0.874. The van der Waals surface area contributed by atoms with Crippen molar-refractivity contribution in [3.05, 3.63) is 45.1 Å². The number of hydrogen-bond acceptors (Lipinski definition) is 4. The number of fused-ring (bicyclic) bond motifs is 2. The minimum atomic E-state index is -0.551. The first-order valence-corrected chi connectivity index (χ1v) is 6.50. The summed E-state index contributed by atoms with van der Waals surface area (Å²) in [5, 5.41) is 0. The third kappa shape index (κ3) is 1.72. The fourth-order valence-electron chi connectivity index (χ4n) is 2.32. The Kier molecular flexibility index (Phi) is 2.85. The predicted octanol–water partition coefficient (Wildman–Crippen LogP) is 1.00. The van der Waals surface area contributed by atoms with Crippen molar-refractivity contribution < 1.29 is 0 Å². The SMILES string of the molecule is CCCn1c2nc(=O)n(C)c(=O)c-2nc2ccccc21. The van der Waals surface area contributed by atoms with E-state index in [9.17, 15) is 9.59 Å². The van der Waals surface area contributed by atoms with Crippen LogP contribution in [-0.2, 0) is 13.6 Å². The summed E-state index contributed by atoms with van der Waals surface area (Å²) in [6, 6.07) is 7.55. The lowest BCUT2D eigenvalue weighted by atomic mass is 10.2. The average Bonchev–Trinajstić information content (AvgIpc) is 2.46. The van der Waals surface area contributed by atoms with Gasteiger partial charge in [-0.2, -0.15) is 4.98 Å². The van der Waals surface area contributed by atoms with Crippen LogP contribution in [0.2, 0.25) is 0 Å². The van der Waals surface area contributed by atoms with Gasteiger partial charge < -0.3 is 4.57 Å². The molecule has 0 atom stereocenters. The summed E-state index contributed by atoms with van der Waals surface area (Å²) >= 11 is 0. The topological polar surface area (TPSA) is 69.8 Å². The van der Waals surface area contributed by atoms with Gasteiger partial charge in [0.05, 0.1) is 11.0 Å². The first-order valence-electron chi connectivity index (χ1n) is 6.50. The molecule has 0 aliphatic carbocycles. The van der Waals surface area contributed by atoms with Gasteiger partial charge in [-0.1, -0.05) is 19.1 Å². The van der Waals surface area contributed by atoms with Gasteiger partial charge in [-0.25, -0.2) is 9.78 Å². The van der Waals surface area contributed by atoms with Gasteiger partial charge >= 0.3 is 5.69 Å². The van der Waals surface area contributed by atoms with Crippen LogP contribution < -0.4 is 11.2 Å². The Morgan fingerprint density at radius 1 is 1.15 bits per heavy atom. The van der Waals surface area contributed by atoms with Gasteiger partial charge in [-0.3, -0.25) is 9.36 Å². The third-order valence-electron chi connectivity index (χ3n) is 3.32. The maximum atomic E-state index is 12.2. The second-order valence-electron chi connectivity index (χ2n) is 4.68. The maximum Gasteiger partial charge on any atom is 0.352 e. The monoisotopic (exact) mass is 270 g/mol. The smallest absolute Gasteiger partial charge is 0.322 e. The van der Waals surface area contributed by atoms with Gasteiger partial charge in [-0.05, 0) is 18.6 Å². The van der Waals surface area contributed by atoms with E-state index in [1.807, 2.05) is 35.8 Å². The first kappa shape index (κ1) is 12.5. The van der Waals surface area contributed by atoms with Crippen LogP contribution in [0.4, 0.5) is 0 Å². The van der Waals surface area contributed by atoms with E-state index in [-0.39, 0.29) is 5.69 Å². The number of aromatic nitrogens is 4. The summed E-state index contributed by atoms with van der Waals surface area (Å²) in [5.74, 6) is 0.360. The molecule has 1 aromatic carbocycles. The van der Waals surface area contributed by atoms with Crippen LogP contribution in [0.25, 0.3) is 22.6 Å². The minimum absolute atomic E-state index is 0.235. The molecule has 1 aromatic rings. The van der Waals surface area contributed by atoms with Crippen LogP contribution in [0.1, 0.15) is 13.3 Å². The van der Waals surface area contributed by atoms with Crippen molar-refractivity contribution in [2.24, 2.45) is 7.05 Å². The highest BCUT2D eigenvalue weighted by molar-refractivity contribution is 5.79. The molecule has 20 heavy (non-hydrogen) atoms. The predicted molar refractivity (Wildman–Crippen MR) is 76.0 cm³/mol. The first-order chi connectivity index (χ1) is 9.63. The molecule has 2 aliphatic rings. The Hall–Kier alpha value is -2.50. The molecule has 0 unspecified atom stereocenters. The van der Waals surface area contributed by atoms with Crippen LogP contribution in [0.15, 0.2) is 33.9 Å². The highest BCUT2D eigenvalue weighted by Crippen LogP contribution is 2.20. The van der Waals surface area contributed by atoms with Crippen molar-refractivity contribution in [2.45, 2.75) is 19.9 Å². The fourth-order valence-corrected chi connectivity index (χ4v) is 2.32. The van der Waals surface area contributed by atoms with E-state index in [1.54, 1.807) is 0 Å². The zero-order chi connectivity index (χ0) is 14.3. The molecule has 0 saturated heterocycles. The summed E-state index contributed by atoms with van der Waals surface area (Å²) in [5.41, 5.74) is 0.882. The van der Waals surface area contributed by atoms with Gasteiger partial charge in [0.15, 0.2) is 11.5 Å². The standard InChI is InChI=1S/C14H14N4O2/c1-3-8-18-10-7-5-4-6-9(10)15-11-12(18)16-14(20)17(2)13(11)19/h4-7H,3,8H2,1-2H3. The highest BCUT2D eigenvalue weighted by Gasteiger charge is 2.19. The Morgan fingerprint density at radius 2 is 1.90 bits per heavy atom. The maximum absolute atomic E-state index is 12.2. The van der Waals surface area contributed by atoms with Gasteiger partial charge in [-0.15, -0.1) is 0 Å². The van der Waals surface area contributed by atoms with Crippen molar-refractivity contribution in [2.75, 3.05) is 0 Å². The Labute approximate surface area is 114 Å². The van der Waals surface area contributed by atoms with E-state index in [1.165, 1.54) is 7.05 Å². The van der Waals surface area contributed by atoms with E-state index < -0.39 is 11.2 Å². The highest BCUT2D eigenvalue weighted by atomic mass is 16.2. The number of nitrogens with zero attached hydrogens (tertiary/aromatic N) is 4. The Bertz CT molecular complexity index is 879. The van der Waals surface area contributed by atoms with Crippen molar-refractivity contribution in [1.82, 2.24) is 19.1 Å². The summed E-state index contributed by atoms with van der Waals surface area (Å²) < 4.78 is 2.88. The summed E-state index contributed by atoms with van der Waals surface area (Å²) in [6.45, 7) is 2.71. The van der Waals surface area contributed by atoms with Gasteiger partial charge in [0.2, 0.25) is 0 Å². The molecular weight excluding hydrogens is 256 g/mol. The van der Waals surface area contributed by atoms with Crippen molar-refractivity contribution >= 4 is 11.0 Å². The lowest BCUT2D eigenvalue weighted by Gasteiger charge is -2.16. The van der Waals surface area contributed by atoms with Crippen molar-refractivity contribution in [3.63, 3.8) is 0 Å². The average molecular weight is 270 g/mol. The molecule has 2 aliphatic heterocycles. The lowest BCUT2D eigenvalue weighted by molar-refractivity contribution is 0.670. The van der Waals surface area contributed by atoms with E-state index in [0.717, 1.165) is 22.0 Å². The third-order valence-corrected chi connectivity index (χ3v) is 3.32. The normalized spacial score (nSPS) is 11.3. The quantitative estimate of drug-likeness (QED) is 0.651. The molecule has 6 nitrogen and oxygen atoms in total. The van der Waals surface area contributed by atoms with E-state index in [4.69, 9.17) is 0 Å². The Balaban J connectivity index is 2.56. The molecule has 102 valence electrons. The molecule has 0 radical (unpaired) electrons. The number of para-hydroxylation sites is 2. The van der Waals surface area contributed by atoms with Crippen LogP contribution in [0.3, 0.4) is 0 Å². The Morgan fingerprint density at radius 3 is 2.65 bits per heavy atom. The molecule has 0 saturated carbocycles. The van der Waals surface area contributed by atoms with Crippen LogP contribution >= 0.6 is 0 Å². The molecule has 0 aromatic heterocycles. The molecule has 0 bridgehead atoms. The molecule has 2 heterocycles. The second kappa shape index (κ2) is 4.56. The van der Waals surface area contributed by atoms with E-state index >= 15 is 0 Å². The molecule has 6 heteroatoms. The summed E-state index contributed by atoms with van der Waals surface area (Å²) in [4.78, 5) is 32.3. The number of hydrogen-bond donors (Lipinski definition) is 0. The largest absolute Gasteiger partial charge is 0.352 e. The zero-order valence-corrected chi connectivity index (χ0v) is 11.3. The minimum Gasteiger partial charge on any atom is -0.322 e. The van der Waals surface area contributed by atoms with E-state index in [0.29, 0.717) is 12.4 Å². The van der Waals surface area contributed by atoms with Crippen molar-refractivity contribution in [1.29, 1.82) is 0 Å². The molecule has 0 spiro atoms. The van der Waals surface area contributed by atoms with Crippen LogP contribution in [-0.4, -0.2) is 19.1 Å². The number of rotatable bonds is 2. The molecular formula is C14H14N4O2. The van der Waals surface area contributed by atoms with Gasteiger partial charge in [0.1, 0.15) is 0 Å². The summed E-state index contributed by atoms with van der Waals surface area (Å²) in [7, 11) is 1.41. The lowest BCUT2D eigenvalue weighted by Crippen LogP contribution is -2.36. The molecule has 0 N–H and O–H groups in total. The van der Waals surface area contributed by atoms with Crippen molar-refractivity contribution in [3.8, 4) is 11.5 Å². The zero-order valence-electron chi connectivity index (χ0n) is 11.3. The molecule has 0 fully saturated rings. The number of aryl methyl sites for hydroxylation is 1.